The number of carbonyl (C=O) groups excluding carboxylic acids is 1. The minimum absolute atomic E-state index is 0.214. The fraction of sp³-hybridized carbons (Fsp3) is 0.600. The van der Waals surface area contributed by atoms with Crippen LogP contribution in [0.4, 0.5) is 0 Å². The molecule has 0 unspecified atom stereocenters. The highest BCUT2D eigenvalue weighted by molar-refractivity contribution is 7.12. The van der Waals surface area contributed by atoms with Gasteiger partial charge in [0.2, 0.25) is 0 Å². The number of amides is 1. The largest absolute Gasteiger partial charge is 0.338 e. The molecule has 1 aliphatic carbocycles. The number of nitrogens with zero attached hydrogens (tertiary/aromatic N) is 3. The third-order valence-corrected chi connectivity index (χ3v) is 6.81. The van der Waals surface area contributed by atoms with E-state index in [9.17, 15) is 4.79 Å². The Bertz CT molecular complexity index is 709. The Morgan fingerprint density at radius 2 is 2.08 bits per heavy atom. The number of aromatic nitrogens is 2. The highest BCUT2D eigenvalue weighted by Crippen LogP contribution is 2.36. The molecule has 0 spiro atoms. The maximum atomic E-state index is 12.4. The fourth-order valence-corrected chi connectivity index (χ4v) is 4.75. The Hall–Kier alpha value is -1.62. The maximum absolute atomic E-state index is 12.4. The van der Waals surface area contributed by atoms with E-state index in [4.69, 9.17) is 0 Å². The zero-order valence-corrected chi connectivity index (χ0v) is 15.8. The van der Waals surface area contributed by atoms with Gasteiger partial charge in [-0.3, -0.25) is 4.79 Å². The van der Waals surface area contributed by atoms with Crippen molar-refractivity contribution in [1.29, 1.82) is 0 Å². The first-order chi connectivity index (χ1) is 12.2. The average Bonchev–Trinajstić information content (AvgIpc) is 3.23. The lowest BCUT2D eigenvalue weighted by Crippen LogP contribution is -2.38. The van der Waals surface area contributed by atoms with E-state index in [-0.39, 0.29) is 5.91 Å². The molecule has 2 fully saturated rings. The van der Waals surface area contributed by atoms with E-state index in [1.54, 1.807) is 11.3 Å². The first kappa shape index (κ1) is 16.8. The highest BCUT2D eigenvalue weighted by Gasteiger charge is 2.27. The molecular formula is C20H27N3OS. The number of rotatable bonds is 5. The summed E-state index contributed by atoms with van der Waals surface area (Å²) in [7, 11) is 0. The van der Waals surface area contributed by atoms with Gasteiger partial charge in [-0.05, 0) is 56.4 Å². The second kappa shape index (κ2) is 7.32. The van der Waals surface area contributed by atoms with E-state index in [0.717, 1.165) is 43.3 Å². The summed E-state index contributed by atoms with van der Waals surface area (Å²) in [5.41, 5.74) is 1.30. The molecule has 2 aromatic heterocycles. The van der Waals surface area contributed by atoms with E-state index >= 15 is 0 Å². The van der Waals surface area contributed by atoms with Crippen LogP contribution in [0.15, 0.2) is 23.7 Å². The van der Waals surface area contributed by atoms with Crippen molar-refractivity contribution in [3.05, 3.63) is 40.1 Å². The molecule has 5 heteroatoms. The molecule has 4 rings (SSSR count). The molecule has 0 atom stereocenters. The molecule has 0 aromatic carbocycles. The summed E-state index contributed by atoms with van der Waals surface area (Å²) in [5, 5.41) is 1.98. The molecule has 25 heavy (non-hydrogen) atoms. The number of hydrogen-bond donors (Lipinski definition) is 0. The van der Waals surface area contributed by atoms with Crippen LogP contribution in [0, 0.1) is 12.8 Å². The summed E-state index contributed by atoms with van der Waals surface area (Å²) in [6, 6.07) is 3.89. The van der Waals surface area contributed by atoms with Crippen LogP contribution in [0.2, 0.25) is 0 Å². The topological polar surface area (TPSA) is 38.1 Å². The van der Waals surface area contributed by atoms with Crippen LogP contribution >= 0.6 is 11.3 Å². The number of hydrogen-bond acceptors (Lipinski definition) is 3. The summed E-state index contributed by atoms with van der Waals surface area (Å²) in [4.78, 5) is 20.0. The molecule has 0 bridgehead atoms. The van der Waals surface area contributed by atoms with E-state index < -0.39 is 0 Å². The second-order valence-corrected chi connectivity index (χ2v) is 8.49. The highest BCUT2D eigenvalue weighted by atomic mass is 32.1. The number of carbonyl (C=O) groups is 1. The third kappa shape index (κ3) is 3.52. The monoisotopic (exact) mass is 357 g/mol. The summed E-state index contributed by atoms with van der Waals surface area (Å²) in [6.07, 6.45) is 9.47. The predicted molar refractivity (Wildman–Crippen MR) is 101 cm³/mol. The predicted octanol–water partition coefficient (Wildman–Crippen LogP) is 4.46. The van der Waals surface area contributed by atoms with Crippen LogP contribution in [0.5, 0.6) is 0 Å². The lowest BCUT2D eigenvalue weighted by molar-refractivity contribution is 0.0689. The Balaban J connectivity index is 1.29. The Labute approximate surface area is 153 Å². The van der Waals surface area contributed by atoms with Crippen molar-refractivity contribution in [2.75, 3.05) is 13.1 Å². The molecule has 1 aliphatic heterocycles. The van der Waals surface area contributed by atoms with Crippen LogP contribution in [0.3, 0.4) is 0 Å². The summed E-state index contributed by atoms with van der Waals surface area (Å²) in [6.45, 7) is 5.07. The summed E-state index contributed by atoms with van der Waals surface area (Å²) >= 11 is 1.55. The lowest BCUT2D eigenvalue weighted by Gasteiger charge is -2.32. The zero-order chi connectivity index (χ0) is 17.2. The van der Waals surface area contributed by atoms with Gasteiger partial charge in [0.1, 0.15) is 5.82 Å². The Kier molecular flexibility index (Phi) is 4.93. The smallest absolute Gasteiger partial charge is 0.263 e. The number of aryl methyl sites for hydroxylation is 1. The van der Waals surface area contributed by atoms with Crippen LogP contribution < -0.4 is 0 Å². The van der Waals surface area contributed by atoms with Gasteiger partial charge in [-0.2, -0.15) is 0 Å². The van der Waals surface area contributed by atoms with Crippen LogP contribution in [-0.2, 0) is 6.54 Å². The molecule has 2 aliphatic rings. The van der Waals surface area contributed by atoms with Crippen molar-refractivity contribution in [2.45, 2.75) is 57.9 Å². The van der Waals surface area contributed by atoms with E-state index in [1.165, 1.54) is 37.2 Å². The zero-order valence-electron chi connectivity index (χ0n) is 15.0. The minimum Gasteiger partial charge on any atom is -0.338 e. The van der Waals surface area contributed by atoms with Gasteiger partial charge in [0.15, 0.2) is 0 Å². The molecule has 1 amide bonds. The van der Waals surface area contributed by atoms with Crippen molar-refractivity contribution >= 4 is 17.2 Å². The number of imidazole rings is 1. The second-order valence-electron chi connectivity index (χ2n) is 7.54. The summed E-state index contributed by atoms with van der Waals surface area (Å²) < 4.78 is 2.45. The van der Waals surface area contributed by atoms with Crippen molar-refractivity contribution in [1.82, 2.24) is 14.5 Å². The van der Waals surface area contributed by atoms with Crippen LogP contribution in [0.1, 0.15) is 65.6 Å². The molecule has 134 valence electrons. The van der Waals surface area contributed by atoms with E-state index in [2.05, 4.69) is 16.5 Å². The van der Waals surface area contributed by atoms with E-state index in [1.807, 2.05) is 28.6 Å². The molecular weight excluding hydrogens is 330 g/mol. The van der Waals surface area contributed by atoms with Crippen molar-refractivity contribution in [3.8, 4) is 0 Å². The molecule has 1 saturated carbocycles. The number of thiophene rings is 1. The van der Waals surface area contributed by atoms with Crippen molar-refractivity contribution < 1.29 is 4.79 Å². The quantitative estimate of drug-likeness (QED) is 0.792. The van der Waals surface area contributed by atoms with Gasteiger partial charge in [0.25, 0.3) is 5.91 Å². The molecule has 0 N–H and O–H groups in total. The third-order valence-electron chi connectivity index (χ3n) is 5.95. The van der Waals surface area contributed by atoms with Crippen LogP contribution in [-0.4, -0.2) is 33.4 Å². The first-order valence-electron chi connectivity index (χ1n) is 9.57. The Morgan fingerprint density at radius 1 is 1.28 bits per heavy atom. The van der Waals surface area contributed by atoms with Crippen LogP contribution in [0.25, 0.3) is 0 Å². The lowest BCUT2D eigenvalue weighted by atomic mass is 9.84. The first-order valence-corrected chi connectivity index (χ1v) is 10.4. The standard InChI is InChI=1S/C20H27N3OS/c1-15-14-21-19(17-4-2-5-17)23(15)12-9-16-7-10-22(11-8-16)20(24)18-6-3-13-25-18/h3,6,13-14,16-17H,2,4-5,7-12H2,1H3. The maximum Gasteiger partial charge on any atom is 0.263 e. The van der Waals surface area contributed by atoms with Crippen molar-refractivity contribution in [2.24, 2.45) is 5.92 Å². The average molecular weight is 358 g/mol. The normalized spacial score (nSPS) is 19.2. The number of likely N-dealkylation sites (tertiary alicyclic amines) is 1. The Morgan fingerprint density at radius 3 is 2.72 bits per heavy atom. The molecule has 3 heterocycles. The SMILES string of the molecule is Cc1cnc(C2CCC2)n1CCC1CCN(C(=O)c2cccs2)CC1. The molecule has 0 radical (unpaired) electrons. The fourth-order valence-electron chi connectivity index (χ4n) is 4.06. The van der Waals surface area contributed by atoms with Gasteiger partial charge in [-0.15, -0.1) is 11.3 Å². The van der Waals surface area contributed by atoms with Gasteiger partial charge in [0, 0.05) is 37.4 Å². The van der Waals surface area contributed by atoms with Gasteiger partial charge >= 0.3 is 0 Å². The minimum atomic E-state index is 0.214. The number of piperidine rings is 1. The summed E-state index contributed by atoms with van der Waals surface area (Å²) in [5.74, 6) is 2.95. The van der Waals surface area contributed by atoms with E-state index in [0.29, 0.717) is 5.92 Å². The van der Waals surface area contributed by atoms with Gasteiger partial charge in [0.05, 0.1) is 4.88 Å². The molecule has 4 nitrogen and oxygen atoms in total. The van der Waals surface area contributed by atoms with Crippen molar-refractivity contribution in [3.63, 3.8) is 0 Å². The van der Waals surface area contributed by atoms with Gasteiger partial charge in [-0.25, -0.2) is 4.98 Å². The van der Waals surface area contributed by atoms with Gasteiger partial charge in [-0.1, -0.05) is 12.5 Å². The van der Waals surface area contributed by atoms with Gasteiger partial charge < -0.3 is 9.47 Å². The molecule has 2 aromatic rings. The molecule has 1 saturated heterocycles.